The van der Waals surface area contributed by atoms with Crippen LogP contribution in [0.1, 0.15) is 13.8 Å². The molecule has 1 aliphatic rings. The van der Waals surface area contributed by atoms with Crippen molar-refractivity contribution in [3.05, 3.63) is 36.5 Å². The zero-order chi connectivity index (χ0) is 15.7. The van der Waals surface area contributed by atoms with Gasteiger partial charge in [-0.1, -0.05) is 35.5 Å². The highest BCUT2D eigenvalue weighted by Gasteiger charge is 2.41. The topological polar surface area (TPSA) is 96.3 Å². The highest BCUT2D eigenvalue weighted by atomic mass is 32.2. The molecule has 0 spiro atoms. The van der Waals surface area contributed by atoms with Crippen molar-refractivity contribution in [2.75, 3.05) is 4.72 Å². The van der Waals surface area contributed by atoms with Gasteiger partial charge in [-0.25, -0.2) is 8.42 Å². The van der Waals surface area contributed by atoms with Crippen molar-refractivity contribution >= 4 is 15.9 Å². The Bertz CT molecular complexity index is 734. The van der Waals surface area contributed by atoms with E-state index in [0.717, 1.165) is 5.56 Å². The highest BCUT2D eigenvalue weighted by molar-refractivity contribution is 7.93. The molecule has 2 atom stereocenters. The number of rotatable bonds is 4. The van der Waals surface area contributed by atoms with Crippen LogP contribution in [0.4, 0.5) is 5.88 Å². The van der Waals surface area contributed by atoms with E-state index in [0.29, 0.717) is 5.56 Å². The quantitative estimate of drug-likeness (QED) is 0.786. The molecule has 2 unspecified atom stereocenters. The third kappa shape index (κ3) is 2.72. The second kappa shape index (κ2) is 5.71. The van der Waals surface area contributed by atoms with E-state index in [-0.39, 0.29) is 18.0 Å². The molecule has 1 aliphatic heterocycles. The molecule has 0 radical (unpaired) electrons. The van der Waals surface area contributed by atoms with Crippen LogP contribution in [0.3, 0.4) is 0 Å². The largest absolute Gasteiger partial charge is 0.337 e. The third-order valence-corrected chi connectivity index (χ3v) is 5.78. The van der Waals surface area contributed by atoms with Crippen LogP contribution in [0, 0.1) is 0 Å². The maximum Gasteiger partial charge on any atom is 0.245 e. The number of benzene rings is 1. The molecule has 0 bridgehead atoms. The van der Waals surface area contributed by atoms with E-state index in [9.17, 15) is 8.42 Å². The normalized spacial score (nSPS) is 25.3. The molecule has 8 heteroatoms. The number of hydrogen-bond donors (Lipinski definition) is 3. The van der Waals surface area contributed by atoms with Crippen LogP contribution in [0.15, 0.2) is 41.1 Å². The molecular formula is C14H18N4O3S. The van der Waals surface area contributed by atoms with Gasteiger partial charge in [0, 0.05) is 12.1 Å². The molecule has 3 rings (SSSR count). The minimum absolute atomic E-state index is 0.137. The molecule has 3 N–H and O–H groups in total. The van der Waals surface area contributed by atoms with Gasteiger partial charge in [-0.2, -0.15) is 0 Å². The summed E-state index contributed by atoms with van der Waals surface area (Å²) >= 11 is 0. The third-order valence-electron chi connectivity index (χ3n) is 3.77. The molecular weight excluding hydrogens is 304 g/mol. The second-order valence-electron chi connectivity index (χ2n) is 5.41. The Morgan fingerprint density at radius 2 is 1.77 bits per heavy atom. The van der Waals surface area contributed by atoms with Crippen molar-refractivity contribution in [2.24, 2.45) is 0 Å². The van der Waals surface area contributed by atoms with E-state index in [1.54, 1.807) is 0 Å². The number of hydrazine groups is 1. The number of aromatic nitrogens is 1. The lowest BCUT2D eigenvalue weighted by atomic mass is 10.1. The molecule has 1 fully saturated rings. The highest BCUT2D eigenvalue weighted by Crippen LogP contribution is 2.29. The zero-order valence-corrected chi connectivity index (χ0v) is 13.1. The summed E-state index contributed by atoms with van der Waals surface area (Å²) in [5.74, 6) is 0.137. The molecule has 1 aromatic carbocycles. The predicted molar refractivity (Wildman–Crippen MR) is 83.5 cm³/mol. The molecule has 2 heterocycles. The summed E-state index contributed by atoms with van der Waals surface area (Å²) in [4.78, 5) is 0. The van der Waals surface area contributed by atoms with Crippen LogP contribution in [-0.2, 0) is 10.0 Å². The Balaban J connectivity index is 1.90. The van der Waals surface area contributed by atoms with Crippen LogP contribution in [0.2, 0.25) is 0 Å². The van der Waals surface area contributed by atoms with Gasteiger partial charge in [-0.3, -0.25) is 15.6 Å². The van der Waals surface area contributed by atoms with Gasteiger partial charge in [0.1, 0.15) is 5.25 Å². The van der Waals surface area contributed by atoms with Gasteiger partial charge in [0.2, 0.25) is 15.9 Å². The predicted octanol–water partition coefficient (Wildman–Crippen LogP) is 1.34. The first kappa shape index (κ1) is 15.0. The molecule has 0 saturated carbocycles. The first-order chi connectivity index (χ1) is 10.5. The minimum Gasteiger partial charge on any atom is -0.337 e. The summed E-state index contributed by atoms with van der Waals surface area (Å²) < 4.78 is 32.9. The first-order valence-electron chi connectivity index (χ1n) is 7.02. The van der Waals surface area contributed by atoms with Crippen molar-refractivity contribution in [1.29, 1.82) is 0 Å². The summed E-state index contributed by atoms with van der Waals surface area (Å²) in [5.41, 5.74) is 7.32. The van der Waals surface area contributed by atoms with Crippen molar-refractivity contribution in [2.45, 2.75) is 31.2 Å². The Morgan fingerprint density at radius 1 is 1.14 bits per heavy atom. The lowest BCUT2D eigenvalue weighted by Gasteiger charge is -2.18. The van der Waals surface area contributed by atoms with E-state index < -0.39 is 15.3 Å². The summed E-state index contributed by atoms with van der Waals surface area (Å²) in [6.07, 6.45) is 1.51. The van der Waals surface area contributed by atoms with Crippen LogP contribution in [0.25, 0.3) is 11.1 Å². The molecule has 0 aliphatic carbocycles. The van der Waals surface area contributed by atoms with E-state index in [1.807, 2.05) is 44.2 Å². The monoisotopic (exact) mass is 322 g/mol. The summed E-state index contributed by atoms with van der Waals surface area (Å²) in [7, 11) is -3.62. The zero-order valence-electron chi connectivity index (χ0n) is 12.3. The summed E-state index contributed by atoms with van der Waals surface area (Å²) in [6, 6.07) is 8.94. The van der Waals surface area contributed by atoms with Crippen molar-refractivity contribution < 1.29 is 12.9 Å². The Hall–Kier alpha value is -1.90. The average molecular weight is 322 g/mol. The van der Waals surface area contributed by atoms with Crippen LogP contribution in [-0.4, -0.2) is 30.9 Å². The number of sulfonamides is 1. The van der Waals surface area contributed by atoms with Gasteiger partial charge < -0.3 is 4.52 Å². The summed E-state index contributed by atoms with van der Waals surface area (Å²) in [5, 5.41) is 3.10. The Labute approximate surface area is 129 Å². The Morgan fingerprint density at radius 3 is 2.41 bits per heavy atom. The second-order valence-corrected chi connectivity index (χ2v) is 7.25. The molecule has 1 aromatic heterocycles. The average Bonchev–Trinajstić information content (AvgIpc) is 3.06. The standard InChI is InChI=1S/C14H18N4O3S/c1-9-13(10(2)17-16-9)22(19,20)18-14-12(8-15-21-14)11-6-4-3-5-7-11/h3-10,13,16-18H,1-2H3. The van der Waals surface area contributed by atoms with Crippen LogP contribution < -0.4 is 15.6 Å². The molecule has 7 nitrogen and oxygen atoms in total. The van der Waals surface area contributed by atoms with Gasteiger partial charge in [0.15, 0.2) is 0 Å². The number of nitrogens with one attached hydrogen (secondary N) is 3. The fourth-order valence-electron chi connectivity index (χ4n) is 2.73. The van der Waals surface area contributed by atoms with Crippen molar-refractivity contribution in [3.63, 3.8) is 0 Å². The van der Waals surface area contributed by atoms with E-state index in [4.69, 9.17) is 4.52 Å². The van der Waals surface area contributed by atoms with E-state index in [1.165, 1.54) is 6.20 Å². The molecule has 2 aromatic rings. The van der Waals surface area contributed by atoms with Crippen molar-refractivity contribution in [3.8, 4) is 11.1 Å². The smallest absolute Gasteiger partial charge is 0.245 e. The minimum atomic E-state index is -3.62. The van der Waals surface area contributed by atoms with Gasteiger partial charge in [-0.05, 0) is 19.4 Å². The fraction of sp³-hybridized carbons (Fsp3) is 0.357. The molecule has 22 heavy (non-hydrogen) atoms. The lowest BCUT2D eigenvalue weighted by Crippen LogP contribution is -2.41. The summed E-state index contributed by atoms with van der Waals surface area (Å²) in [6.45, 7) is 3.64. The van der Waals surface area contributed by atoms with Gasteiger partial charge in [0.05, 0.1) is 11.8 Å². The van der Waals surface area contributed by atoms with E-state index in [2.05, 4.69) is 20.7 Å². The number of nitrogens with zero attached hydrogens (tertiary/aromatic N) is 1. The SMILES string of the molecule is CC1NNC(C)C1S(=O)(=O)Nc1oncc1-c1ccccc1. The molecule has 118 valence electrons. The van der Waals surface area contributed by atoms with Crippen LogP contribution in [0.5, 0.6) is 0 Å². The van der Waals surface area contributed by atoms with Gasteiger partial charge >= 0.3 is 0 Å². The van der Waals surface area contributed by atoms with Gasteiger partial charge in [-0.15, -0.1) is 0 Å². The number of anilines is 1. The van der Waals surface area contributed by atoms with Crippen molar-refractivity contribution in [1.82, 2.24) is 16.0 Å². The fourth-order valence-corrected chi connectivity index (χ4v) is 4.48. The van der Waals surface area contributed by atoms with Gasteiger partial charge in [0.25, 0.3) is 0 Å². The number of hydrogen-bond acceptors (Lipinski definition) is 6. The maximum absolute atomic E-state index is 12.6. The lowest BCUT2D eigenvalue weighted by molar-refractivity contribution is 0.435. The van der Waals surface area contributed by atoms with E-state index >= 15 is 0 Å². The Kier molecular flexibility index (Phi) is 3.90. The molecule has 1 saturated heterocycles. The molecule has 0 amide bonds. The first-order valence-corrected chi connectivity index (χ1v) is 8.56. The maximum atomic E-state index is 12.6. The van der Waals surface area contributed by atoms with Crippen LogP contribution >= 0.6 is 0 Å².